The summed E-state index contributed by atoms with van der Waals surface area (Å²) in [6, 6.07) is 0. The molecule has 2 unspecified atom stereocenters. The van der Waals surface area contributed by atoms with Gasteiger partial charge in [-0.25, -0.2) is 0 Å². The van der Waals surface area contributed by atoms with E-state index in [4.69, 9.17) is 0 Å². The molecule has 2 atom stereocenters. The van der Waals surface area contributed by atoms with Crippen LogP contribution in [-0.4, -0.2) is 11.9 Å². The van der Waals surface area contributed by atoms with E-state index in [1.165, 1.54) is 38.5 Å². The standard InChI is InChI=1S/2C10H18O2.Fe/c2*1-2-9(10(11)12)8-6-4-3-5-7-8;/h2*8-9H,2-7H2,1H3,(H,11,12);/q;;+2/p-2. The van der Waals surface area contributed by atoms with Crippen molar-refractivity contribution < 1.29 is 36.9 Å². The predicted molar refractivity (Wildman–Crippen MR) is 90.7 cm³/mol. The van der Waals surface area contributed by atoms with Crippen molar-refractivity contribution in [3.05, 3.63) is 0 Å². The molecule has 25 heavy (non-hydrogen) atoms. The summed E-state index contributed by atoms with van der Waals surface area (Å²) in [6.45, 7) is 3.88. The van der Waals surface area contributed by atoms with Crippen LogP contribution in [0.5, 0.6) is 0 Å². The van der Waals surface area contributed by atoms with Gasteiger partial charge in [0.05, 0.1) is 0 Å². The molecular weight excluding hydrogens is 360 g/mol. The number of carbonyl (C=O) groups excluding carboxylic acids is 2. The third-order valence-corrected chi connectivity index (χ3v) is 5.92. The molecule has 0 bridgehead atoms. The van der Waals surface area contributed by atoms with Crippen molar-refractivity contribution in [2.75, 3.05) is 0 Å². The molecule has 2 saturated carbocycles. The zero-order chi connectivity index (χ0) is 17.9. The average molecular weight is 394 g/mol. The Morgan fingerprint density at radius 3 is 1.20 bits per heavy atom. The molecule has 0 spiro atoms. The van der Waals surface area contributed by atoms with Crippen LogP contribution >= 0.6 is 0 Å². The first-order chi connectivity index (χ1) is 11.5. The molecule has 0 heterocycles. The van der Waals surface area contributed by atoms with E-state index in [9.17, 15) is 19.8 Å². The van der Waals surface area contributed by atoms with Crippen LogP contribution in [0.15, 0.2) is 0 Å². The Kier molecular flexibility index (Phi) is 13.3. The van der Waals surface area contributed by atoms with Crippen LogP contribution in [-0.2, 0) is 26.7 Å². The van der Waals surface area contributed by atoms with Crippen molar-refractivity contribution in [1.82, 2.24) is 0 Å². The number of carboxylic acid groups (broad SMARTS) is 2. The molecule has 2 aliphatic carbocycles. The first-order valence-corrected chi connectivity index (χ1v) is 9.92. The molecule has 0 aromatic rings. The quantitative estimate of drug-likeness (QED) is 0.649. The zero-order valence-electron chi connectivity index (χ0n) is 15.8. The topological polar surface area (TPSA) is 80.3 Å². The molecule has 0 saturated heterocycles. The van der Waals surface area contributed by atoms with E-state index in [2.05, 4.69) is 0 Å². The molecular formula is C20H34FeO4. The maximum Gasteiger partial charge on any atom is 2.00 e. The molecule has 4 nitrogen and oxygen atoms in total. The number of rotatable bonds is 6. The van der Waals surface area contributed by atoms with Gasteiger partial charge >= 0.3 is 17.1 Å². The van der Waals surface area contributed by atoms with Crippen LogP contribution in [0.4, 0.5) is 0 Å². The van der Waals surface area contributed by atoms with E-state index >= 15 is 0 Å². The summed E-state index contributed by atoms with van der Waals surface area (Å²) in [4.78, 5) is 21.4. The van der Waals surface area contributed by atoms with Crippen LogP contribution in [0, 0.1) is 23.7 Å². The van der Waals surface area contributed by atoms with Gasteiger partial charge in [-0.3, -0.25) is 0 Å². The molecule has 0 radical (unpaired) electrons. The van der Waals surface area contributed by atoms with Gasteiger partial charge in [0.1, 0.15) is 0 Å². The predicted octanol–water partition coefficient (Wildman–Crippen LogP) is 2.68. The Bertz CT molecular complexity index is 338. The van der Waals surface area contributed by atoms with Crippen molar-refractivity contribution in [2.45, 2.75) is 90.9 Å². The van der Waals surface area contributed by atoms with Gasteiger partial charge in [-0.2, -0.15) is 0 Å². The second-order valence-electron chi connectivity index (χ2n) is 7.46. The van der Waals surface area contributed by atoms with Gasteiger partial charge in [0.2, 0.25) is 0 Å². The second kappa shape index (κ2) is 13.6. The van der Waals surface area contributed by atoms with Crippen molar-refractivity contribution in [3.63, 3.8) is 0 Å². The maximum absolute atomic E-state index is 10.7. The molecule has 0 N–H and O–H groups in total. The van der Waals surface area contributed by atoms with Crippen molar-refractivity contribution in [3.8, 4) is 0 Å². The summed E-state index contributed by atoms with van der Waals surface area (Å²) in [7, 11) is 0. The number of carboxylic acids is 2. The Balaban J connectivity index is 0.000000443. The molecule has 0 aliphatic heterocycles. The largest absolute Gasteiger partial charge is 2.00 e. The fourth-order valence-corrected chi connectivity index (χ4v) is 4.46. The van der Waals surface area contributed by atoms with Gasteiger partial charge in [0.15, 0.2) is 0 Å². The van der Waals surface area contributed by atoms with E-state index in [-0.39, 0.29) is 28.9 Å². The van der Waals surface area contributed by atoms with Gasteiger partial charge in [0, 0.05) is 23.8 Å². The molecule has 0 aromatic heterocycles. The molecule has 0 aromatic carbocycles. The minimum absolute atomic E-state index is 0. The van der Waals surface area contributed by atoms with Gasteiger partial charge in [0.25, 0.3) is 0 Å². The number of carbonyl (C=O) groups is 2. The van der Waals surface area contributed by atoms with E-state index in [0.717, 1.165) is 38.5 Å². The summed E-state index contributed by atoms with van der Waals surface area (Å²) < 4.78 is 0. The minimum atomic E-state index is -0.843. The summed E-state index contributed by atoms with van der Waals surface area (Å²) in [5, 5.41) is 21.4. The third kappa shape index (κ3) is 8.59. The summed E-state index contributed by atoms with van der Waals surface area (Å²) in [6.07, 6.45) is 13.2. The minimum Gasteiger partial charge on any atom is -0.550 e. The van der Waals surface area contributed by atoms with Gasteiger partial charge in [-0.1, -0.05) is 52.4 Å². The van der Waals surface area contributed by atoms with Gasteiger partial charge in [-0.05, 0) is 50.4 Å². The van der Waals surface area contributed by atoms with Crippen LogP contribution in [0.1, 0.15) is 90.9 Å². The summed E-state index contributed by atoms with van der Waals surface area (Å²) >= 11 is 0. The monoisotopic (exact) mass is 394 g/mol. The number of hydrogen-bond donors (Lipinski definition) is 0. The Labute approximate surface area is 163 Å². The fraction of sp³-hybridized carbons (Fsp3) is 0.900. The maximum atomic E-state index is 10.7. The smallest absolute Gasteiger partial charge is 0.550 e. The van der Waals surface area contributed by atoms with Crippen LogP contribution in [0.2, 0.25) is 0 Å². The summed E-state index contributed by atoms with van der Waals surface area (Å²) in [5.41, 5.74) is 0. The molecule has 5 heteroatoms. The van der Waals surface area contributed by atoms with E-state index in [1.807, 2.05) is 13.8 Å². The van der Waals surface area contributed by atoms with E-state index < -0.39 is 11.9 Å². The second-order valence-corrected chi connectivity index (χ2v) is 7.46. The molecule has 0 amide bonds. The van der Waals surface area contributed by atoms with Crippen molar-refractivity contribution in [2.24, 2.45) is 23.7 Å². The van der Waals surface area contributed by atoms with Gasteiger partial charge < -0.3 is 19.8 Å². The van der Waals surface area contributed by atoms with Crippen LogP contribution in [0.25, 0.3) is 0 Å². The normalized spacial score (nSPS) is 21.2. The van der Waals surface area contributed by atoms with E-state index in [0.29, 0.717) is 11.8 Å². The first kappa shape index (κ1) is 24.5. The Morgan fingerprint density at radius 2 is 1.00 bits per heavy atom. The SMILES string of the molecule is CCC(C(=O)[O-])C1CCCCC1.CCC(C(=O)[O-])C1CCCCC1.[Fe+2]. The molecule has 2 aliphatic rings. The van der Waals surface area contributed by atoms with E-state index in [1.54, 1.807) is 0 Å². The first-order valence-electron chi connectivity index (χ1n) is 9.92. The summed E-state index contributed by atoms with van der Waals surface area (Å²) in [5.74, 6) is -1.27. The van der Waals surface area contributed by atoms with Crippen molar-refractivity contribution >= 4 is 11.9 Å². The average Bonchev–Trinajstić information content (AvgIpc) is 2.58. The van der Waals surface area contributed by atoms with Crippen molar-refractivity contribution in [1.29, 1.82) is 0 Å². The number of aliphatic carboxylic acids is 2. The zero-order valence-corrected chi connectivity index (χ0v) is 16.9. The Morgan fingerprint density at radius 1 is 0.720 bits per heavy atom. The van der Waals surface area contributed by atoms with Gasteiger partial charge in [-0.15, -0.1) is 0 Å². The third-order valence-electron chi connectivity index (χ3n) is 5.92. The fourth-order valence-electron chi connectivity index (χ4n) is 4.46. The van der Waals surface area contributed by atoms with Crippen LogP contribution in [0.3, 0.4) is 0 Å². The Hall–Kier alpha value is -0.541. The molecule has 146 valence electrons. The molecule has 2 rings (SSSR count). The number of hydrogen-bond acceptors (Lipinski definition) is 4. The molecule has 2 fully saturated rings. The van der Waals surface area contributed by atoms with Crippen LogP contribution < -0.4 is 10.2 Å².